The average molecular weight is 243 g/mol. The monoisotopic (exact) mass is 243 g/mol. The van der Waals surface area contributed by atoms with Crippen molar-refractivity contribution < 1.29 is 13.2 Å². The minimum Gasteiger partial charge on any atom is -0.314 e. The zero-order valence-corrected chi connectivity index (χ0v) is 9.77. The van der Waals surface area contributed by atoms with Gasteiger partial charge in [-0.25, -0.2) is 13.2 Å². The molecule has 94 valence electrons. The second-order valence-electron chi connectivity index (χ2n) is 4.69. The van der Waals surface area contributed by atoms with Gasteiger partial charge in [-0.05, 0) is 43.5 Å². The lowest BCUT2D eigenvalue weighted by atomic mass is 10.00. The fourth-order valence-electron chi connectivity index (χ4n) is 2.20. The molecule has 2 rings (SSSR count). The Labute approximate surface area is 99.0 Å². The standard InChI is InChI=1S/C13H16F3N/c1-13(15,16)10-4-5-12(14)9(7-10)8-11-3-2-6-17-11/h4-5,7,11,17H,2-3,6,8H2,1H3. The molecule has 1 nitrogen and oxygen atoms in total. The quantitative estimate of drug-likeness (QED) is 0.859. The first-order chi connectivity index (χ1) is 7.97. The van der Waals surface area contributed by atoms with E-state index in [0.717, 1.165) is 38.4 Å². The highest BCUT2D eigenvalue weighted by atomic mass is 19.3. The molecule has 0 spiro atoms. The van der Waals surface area contributed by atoms with E-state index in [2.05, 4.69) is 5.32 Å². The summed E-state index contributed by atoms with van der Waals surface area (Å²) in [6.07, 6.45) is 2.53. The van der Waals surface area contributed by atoms with Crippen molar-refractivity contribution in [3.05, 3.63) is 35.1 Å². The molecule has 0 aliphatic carbocycles. The van der Waals surface area contributed by atoms with Gasteiger partial charge in [0.25, 0.3) is 5.92 Å². The van der Waals surface area contributed by atoms with Crippen LogP contribution in [0.25, 0.3) is 0 Å². The molecule has 4 heteroatoms. The summed E-state index contributed by atoms with van der Waals surface area (Å²) < 4.78 is 39.8. The first-order valence-corrected chi connectivity index (χ1v) is 5.87. The van der Waals surface area contributed by atoms with Gasteiger partial charge in [-0.2, -0.15) is 0 Å². The maximum atomic E-state index is 13.5. The summed E-state index contributed by atoms with van der Waals surface area (Å²) >= 11 is 0. The Morgan fingerprint density at radius 2 is 2.18 bits per heavy atom. The van der Waals surface area contributed by atoms with Crippen LogP contribution in [0.4, 0.5) is 13.2 Å². The molecule has 1 fully saturated rings. The molecular formula is C13H16F3N. The molecule has 1 N–H and O–H groups in total. The number of alkyl halides is 2. The van der Waals surface area contributed by atoms with Gasteiger partial charge >= 0.3 is 0 Å². The molecule has 17 heavy (non-hydrogen) atoms. The van der Waals surface area contributed by atoms with E-state index < -0.39 is 11.7 Å². The van der Waals surface area contributed by atoms with Gasteiger partial charge in [0.2, 0.25) is 0 Å². The molecule has 1 aliphatic rings. The Hall–Kier alpha value is -1.03. The molecule has 1 atom stereocenters. The van der Waals surface area contributed by atoms with Gasteiger partial charge < -0.3 is 5.32 Å². The predicted molar refractivity (Wildman–Crippen MR) is 60.7 cm³/mol. The number of benzene rings is 1. The van der Waals surface area contributed by atoms with Crippen molar-refractivity contribution in [3.63, 3.8) is 0 Å². The van der Waals surface area contributed by atoms with E-state index in [1.54, 1.807) is 0 Å². The van der Waals surface area contributed by atoms with Gasteiger partial charge in [0, 0.05) is 18.5 Å². The lowest BCUT2D eigenvalue weighted by molar-refractivity contribution is 0.0173. The maximum Gasteiger partial charge on any atom is 0.270 e. The van der Waals surface area contributed by atoms with Crippen LogP contribution >= 0.6 is 0 Å². The first-order valence-electron chi connectivity index (χ1n) is 5.87. The Bertz CT molecular complexity index is 392. The summed E-state index contributed by atoms with van der Waals surface area (Å²) in [7, 11) is 0. The third-order valence-corrected chi connectivity index (χ3v) is 3.18. The molecular weight excluding hydrogens is 227 g/mol. The van der Waals surface area contributed by atoms with E-state index >= 15 is 0 Å². The summed E-state index contributed by atoms with van der Waals surface area (Å²) in [5, 5.41) is 3.24. The van der Waals surface area contributed by atoms with E-state index in [4.69, 9.17) is 0 Å². The number of hydrogen-bond donors (Lipinski definition) is 1. The second kappa shape index (κ2) is 4.69. The highest BCUT2D eigenvalue weighted by Crippen LogP contribution is 2.29. The van der Waals surface area contributed by atoms with Crippen molar-refractivity contribution in [2.24, 2.45) is 0 Å². The van der Waals surface area contributed by atoms with Gasteiger partial charge in [-0.15, -0.1) is 0 Å². The van der Waals surface area contributed by atoms with E-state index in [0.29, 0.717) is 12.0 Å². The van der Waals surface area contributed by atoms with E-state index in [1.807, 2.05) is 0 Å². The van der Waals surface area contributed by atoms with Crippen LogP contribution < -0.4 is 5.32 Å². The summed E-state index contributed by atoms with van der Waals surface area (Å²) in [5.74, 6) is -3.31. The molecule has 0 amide bonds. The van der Waals surface area contributed by atoms with Crippen molar-refractivity contribution in [2.75, 3.05) is 6.54 Å². The molecule has 0 radical (unpaired) electrons. The van der Waals surface area contributed by atoms with Crippen LogP contribution in [0.3, 0.4) is 0 Å². The van der Waals surface area contributed by atoms with Gasteiger partial charge in [-0.3, -0.25) is 0 Å². The van der Waals surface area contributed by atoms with Gasteiger partial charge in [0.15, 0.2) is 0 Å². The molecule has 0 aromatic heterocycles. The Kier molecular flexibility index (Phi) is 3.43. The Morgan fingerprint density at radius 3 is 2.76 bits per heavy atom. The molecule has 0 saturated carbocycles. The van der Waals surface area contributed by atoms with E-state index in [1.165, 1.54) is 6.07 Å². The van der Waals surface area contributed by atoms with Gasteiger partial charge in [0.1, 0.15) is 5.82 Å². The summed E-state index contributed by atoms with van der Waals surface area (Å²) in [6, 6.07) is 3.79. The van der Waals surface area contributed by atoms with Crippen molar-refractivity contribution >= 4 is 0 Å². The highest BCUT2D eigenvalue weighted by molar-refractivity contribution is 5.28. The molecule has 1 saturated heterocycles. The summed E-state index contributed by atoms with van der Waals surface area (Å²) in [5.41, 5.74) is 0.260. The zero-order chi connectivity index (χ0) is 12.5. The van der Waals surface area contributed by atoms with Crippen LogP contribution in [0.2, 0.25) is 0 Å². The van der Waals surface area contributed by atoms with Crippen LogP contribution in [0.1, 0.15) is 30.9 Å². The van der Waals surface area contributed by atoms with Crippen molar-refractivity contribution in [1.82, 2.24) is 5.32 Å². The summed E-state index contributed by atoms with van der Waals surface area (Å²) in [6.45, 7) is 1.76. The third-order valence-electron chi connectivity index (χ3n) is 3.18. The molecule has 1 aliphatic heterocycles. The molecule has 1 aromatic carbocycles. The largest absolute Gasteiger partial charge is 0.314 e. The highest BCUT2D eigenvalue weighted by Gasteiger charge is 2.26. The SMILES string of the molecule is CC(F)(F)c1ccc(F)c(CC2CCCN2)c1. The number of rotatable bonds is 3. The molecule has 1 unspecified atom stereocenters. The maximum absolute atomic E-state index is 13.5. The van der Waals surface area contributed by atoms with Gasteiger partial charge in [0.05, 0.1) is 0 Å². The zero-order valence-electron chi connectivity index (χ0n) is 9.77. The van der Waals surface area contributed by atoms with Crippen molar-refractivity contribution in [1.29, 1.82) is 0 Å². The Balaban J connectivity index is 2.20. The van der Waals surface area contributed by atoms with Crippen LogP contribution in [0.15, 0.2) is 18.2 Å². The van der Waals surface area contributed by atoms with Gasteiger partial charge in [-0.1, -0.05) is 6.07 Å². The topological polar surface area (TPSA) is 12.0 Å². The normalized spacial score (nSPS) is 20.8. The molecule has 1 aromatic rings. The first kappa shape index (κ1) is 12.4. The number of nitrogens with one attached hydrogen (secondary N) is 1. The van der Waals surface area contributed by atoms with Crippen molar-refractivity contribution in [3.8, 4) is 0 Å². The van der Waals surface area contributed by atoms with E-state index in [9.17, 15) is 13.2 Å². The lowest BCUT2D eigenvalue weighted by Gasteiger charge is -2.15. The minimum absolute atomic E-state index is 0.119. The van der Waals surface area contributed by atoms with E-state index in [-0.39, 0.29) is 11.6 Å². The van der Waals surface area contributed by atoms with Crippen LogP contribution in [0, 0.1) is 5.82 Å². The average Bonchev–Trinajstić information content (AvgIpc) is 2.72. The van der Waals surface area contributed by atoms with Crippen LogP contribution in [-0.2, 0) is 12.3 Å². The second-order valence-corrected chi connectivity index (χ2v) is 4.69. The lowest BCUT2D eigenvalue weighted by Crippen LogP contribution is -2.24. The fraction of sp³-hybridized carbons (Fsp3) is 0.538. The summed E-state index contributed by atoms with van der Waals surface area (Å²) in [4.78, 5) is 0. The fourth-order valence-corrected chi connectivity index (χ4v) is 2.20. The third kappa shape index (κ3) is 3.00. The number of halogens is 3. The van der Waals surface area contributed by atoms with Crippen LogP contribution in [-0.4, -0.2) is 12.6 Å². The molecule has 0 bridgehead atoms. The molecule has 1 heterocycles. The Morgan fingerprint density at radius 1 is 1.41 bits per heavy atom. The predicted octanol–water partition coefficient (Wildman–Crippen LogP) is 3.23. The van der Waals surface area contributed by atoms with Crippen LogP contribution in [0.5, 0.6) is 0 Å². The van der Waals surface area contributed by atoms with Crippen molar-refractivity contribution in [2.45, 2.75) is 38.2 Å². The smallest absolute Gasteiger partial charge is 0.270 e. The minimum atomic E-state index is -2.91. The number of hydrogen-bond acceptors (Lipinski definition) is 1.